The number of nitrogens with zero attached hydrogens (tertiary/aromatic N) is 4. The average molecular weight is 381 g/mol. The first-order valence-electron chi connectivity index (χ1n) is 9.44. The highest BCUT2D eigenvalue weighted by Gasteiger charge is 2.21. The molecule has 1 aromatic rings. The third-order valence-corrected chi connectivity index (χ3v) is 5.05. The molecule has 1 saturated heterocycles. The van der Waals surface area contributed by atoms with Crippen LogP contribution in [0.25, 0.3) is 0 Å². The molecule has 0 bridgehead atoms. The molecule has 1 amide bonds. The lowest BCUT2D eigenvalue weighted by atomic mass is 10.3. The molecule has 26 heavy (non-hydrogen) atoms. The van der Waals surface area contributed by atoms with Crippen molar-refractivity contribution in [3.8, 4) is 0 Å². The van der Waals surface area contributed by atoms with Gasteiger partial charge >= 0.3 is 0 Å². The molecule has 0 atom stereocenters. The summed E-state index contributed by atoms with van der Waals surface area (Å²) in [6.07, 6.45) is 2.80. The van der Waals surface area contributed by atoms with Crippen LogP contribution in [0.2, 0.25) is 0 Å². The molecule has 7 nitrogen and oxygen atoms in total. The number of amides is 1. The summed E-state index contributed by atoms with van der Waals surface area (Å²) in [7, 11) is 0. The van der Waals surface area contributed by atoms with Gasteiger partial charge in [0.25, 0.3) is 0 Å². The Hall–Kier alpha value is -1.67. The highest BCUT2D eigenvalue weighted by atomic mass is 32.1. The Morgan fingerprint density at radius 3 is 2.65 bits per heavy atom. The molecule has 2 N–H and O–H groups in total. The molecule has 8 heteroatoms. The second-order valence-electron chi connectivity index (χ2n) is 6.84. The largest absolute Gasteiger partial charge is 0.357 e. The van der Waals surface area contributed by atoms with Crippen LogP contribution in [0.3, 0.4) is 0 Å². The average Bonchev–Trinajstić information content (AvgIpc) is 2.99. The van der Waals surface area contributed by atoms with E-state index in [1.165, 1.54) is 4.88 Å². The highest BCUT2D eigenvalue weighted by Crippen LogP contribution is 2.11. The molecule has 0 radical (unpaired) electrons. The first-order chi connectivity index (χ1) is 12.5. The van der Waals surface area contributed by atoms with E-state index < -0.39 is 0 Å². The van der Waals surface area contributed by atoms with Gasteiger partial charge in [-0.25, -0.2) is 4.98 Å². The van der Waals surface area contributed by atoms with Crippen molar-refractivity contribution >= 4 is 23.2 Å². The van der Waals surface area contributed by atoms with E-state index in [9.17, 15) is 4.79 Å². The number of piperazine rings is 1. The number of aromatic nitrogens is 1. The SMILES string of the molecule is CCNC(=NCCc1ncc(C)s1)N1CCN(CC(=O)NC(C)C)CC1. The predicted octanol–water partition coefficient (Wildman–Crippen LogP) is 1.10. The van der Waals surface area contributed by atoms with Crippen LogP contribution in [0.5, 0.6) is 0 Å². The molecular formula is C18H32N6OS. The van der Waals surface area contributed by atoms with Gasteiger partial charge in [-0.3, -0.25) is 14.7 Å². The molecular weight excluding hydrogens is 348 g/mol. The van der Waals surface area contributed by atoms with Crippen LogP contribution in [-0.4, -0.2) is 78.5 Å². The van der Waals surface area contributed by atoms with E-state index in [2.05, 4.69) is 39.3 Å². The molecule has 0 aliphatic carbocycles. The first-order valence-corrected chi connectivity index (χ1v) is 10.3. The van der Waals surface area contributed by atoms with Crippen molar-refractivity contribution < 1.29 is 4.79 Å². The van der Waals surface area contributed by atoms with Crippen LogP contribution in [-0.2, 0) is 11.2 Å². The number of rotatable bonds is 7. The summed E-state index contributed by atoms with van der Waals surface area (Å²) in [6, 6.07) is 0.193. The molecule has 0 spiro atoms. The maximum Gasteiger partial charge on any atom is 0.234 e. The Kier molecular flexibility index (Phi) is 8.31. The molecule has 2 rings (SSSR count). The summed E-state index contributed by atoms with van der Waals surface area (Å²) in [6.45, 7) is 13.7. The Balaban J connectivity index is 1.81. The number of carbonyl (C=O) groups is 1. The minimum atomic E-state index is 0.104. The van der Waals surface area contributed by atoms with Gasteiger partial charge in [-0.15, -0.1) is 11.3 Å². The summed E-state index contributed by atoms with van der Waals surface area (Å²) in [5, 5.41) is 7.48. The van der Waals surface area contributed by atoms with Crippen molar-refractivity contribution in [1.82, 2.24) is 25.4 Å². The topological polar surface area (TPSA) is 72.9 Å². The second-order valence-corrected chi connectivity index (χ2v) is 8.16. The van der Waals surface area contributed by atoms with Gasteiger partial charge in [0.2, 0.25) is 5.91 Å². The van der Waals surface area contributed by atoms with Crippen LogP contribution in [0.4, 0.5) is 0 Å². The van der Waals surface area contributed by atoms with E-state index in [-0.39, 0.29) is 11.9 Å². The molecule has 1 fully saturated rings. The highest BCUT2D eigenvalue weighted by molar-refractivity contribution is 7.11. The van der Waals surface area contributed by atoms with Crippen molar-refractivity contribution in [1.29, 1.82) is 0 Å². The predicted molar refractivity (Wildman–Crippen MR) is 108 cm³/mol. The Bertz CT molecular complexity index is 592. The maximum atomic E-state index is 11.9. The standard InChI is InChI=1S/C18H32N6OS/c1-5-19-18(20-7-6-17-21-12-15(4)26-17)24-10-8-23(9-11-24)13-16(25)22-14(2)3/h12,14H,5-11,13H2,1-4H3,(H,19,20)(H,22,25). The van der Waals surface area contributed by atoms with Gasteiger partial charge < -0.3 is 15.5 Å². The van der Waals surface area contributed by atoms with Crippen LogP contribution in [0.1, 0.15) is 30.7 Å². The van der Waals surface area contributed by atoms with Crippen molar-refractivity contribution in [2.75, 3.05) is 45.8 Å². The van der Waals surface area contributed by atoms with Crippen molar-refractivity contribution in [2.45, 2.75) is 40.2 Å². The van der Waals surface area contributed by atoms with Gasteiger partial charge in [0.15, 0.2) is 5.96 Å². The lowest BCUT2D eigenvalue weighted by Gasteiger charge is -2.36. The molecule has 0 aromatic carbocycles. The molecule has 1 aliphatic rings. The number of hydrogen-bond donors (Lipinski definition) is 2. The molecule has 1 aliphatic heterocycles. The molecule has 146 valence electrons. The number of hydrogen-bond acceptors (Lipinski definition) is 5. The number of guanidine groups is 1. The molecule has 1 aromatic heterocycles. The fraction of sp³-hybridized carbons (Fsp3) is 0.722. The molecule has 0 unspecified atom stereocenters. The Morgan fingerprint density at radius 1 is 1.35 bits per heavy atom. The summed E-state index contributed by atoms with van der Waals surface area (Å²) in [4.78, 5) is 26.8. The lowest BCUT2D eigenvalue weighted by molar-refractivity contribution is -0.123. The normalized spacial score (nSPS) is 16.2. The monoisotopic (exact) mass is 380 g/mol. The zero-order valence-electron chi connectivity index (χ0n) is 16.4. The number of nitrogens with one attached hydrogen (secondary N) is 2. The van der Waals surface area contributed by atoms with E-state index >= 15 is 0 Å². The Labute approximate surface area is 160 Å². The minimum absolute atomic E-state index is 0.104. The van der Waals surface area contributed by atoms with Crippen LogP contribution < -0.4 is 10.6 Å². The smallest absolute Gasteiger partial charge is 0.234 e. The first kappa shape index (κ1) is 20.6. The number of thiazole rings is 1. The van der Waals surface area contributed by atoms with E-state index in [4.69, 9.17) is 4.99 Å². The van der Waals surface area contributed by atoms with Gasteiger partial charge in [-0.05, 0) is 27.7 Å². The summed E-state index contributed by atoms with van der Waals surface area (Å²) < 4.78 is 0. The third-order valence-electron chi connectivity index (χ3n) is 4.08. The lowest BCUT2D eigenvalue weighted by Crippen LogP contribution is -2.54. The van der Waals surface area contributed by atoms with Gasteiger partial charge in [0, 0.05) is 62.8 Å². The van der Waals surface area contributed by atoms with Crippen LogP contribution >= 0.6 is 11.3 Å². The van der Waals surface area contributed by atoms with Gasteiger partial charge in [-0.1, -0.05) is 0 Å². The van der Waals surface area contributed by atoms with E-state index in [1.807, 2.05) is 20.0 Å². The third kappa shape index (κ3) is 6.92. The van der Waals surface area contributed by atoms with E-state index in [1.54, 1.807) is 11.3 Å². The van der Waals surface area contributed by atoms with Crippen LogP contribution in [0, 0.1) is 6.92 Å². The summed E-state index contributed by atoms with van der Waals surface area (Å²) >= 11 is 1.74. The van der Waals surface area contributed by atoms with Crippen molar-refractivity contribution in [3.63, 3.8) is 0 Å². The van der Waals surface area contributed by atoms with Gasteiger partial charge in [-0.2, -0.15) is 0 Å². The van der Waals surface area contributed by atoms with Gasteiger partial charge in [0.05, 0.1) is 11.6 Å². The number of aryl methyl sites for hydroxylation is 1. The Morgan fingerprint density at radius 2 is 2.08 bits per heavy atom. The number of carbonyl (C=O) groups excluding carboxylic acids is 1. The van der Waals surface area contributed by atoms with Gasteiger partial charge in [0.1, 0.15) is 0 Å². The van der Waals surface area contributed by atoms with Crippen molar-refractivity contribution in [2.24, 2.45) is 4.99 Å². The fourth-order valence-electron chi connectivity index (χ4n) is 2.89. The molecule has 2 heterocycles. The summed E-state index contributed by atoms with van der Waals surface area (Å²) in [5.74, 6) is 1.07. The molecule has 0 saturated carbocycles. The minimum Gasteiger partial charge on any atom is -0.357 e. The van der Waals surface area contributed by atoms with Crippen molar-refractivity contribution in [3.05, 3.63) is 16.1 Å². The second kappa shape index (κ2) is 10.5. The van der Waals surface area contributed by atoms with E-state index in [0.717, 1.165) is 56.7 Å². The zero-order valence-corrected chi connectivity index (χ0v) is 17.2. The fourth-order valence-corrected chi connectivity index (χ4v) is 3.66. The zero-order chi connectivity index (χ0) is 18.9. The quantitative estimate of drug-likeness (QED) is 0.547. The number of aliphatic imine (C=N–C) groups is 1. The van der Waals surface area contributed by atoms with E-state index in [0.29, 0.717) is 6.54 Å². The van der Waals surface area contributed by atoms with Crippen LogP contribution in [0.15, 0.2) is 11.2 Å². The summed E-state index contributed by atoms with van der Waals surface area (Å²) in [5.41, 5.74) is 0. The maximum absolute atomic E-state index is 11.9.